The van der Waals surface area contributed by atoms with Crippen LogP contribution in [0.2, 0.25) is 0 Å². The van der Waals surface area contributed by atoms with Crippen LogP contribution >= 0.6 is 27.5 Å². The summed E-state index contributed by atoms with van der Waals surface area (Å²) < 4.78 is 0.961. The summed E-state index contributed by atoms with van der Waals surface area (Å²) in [4.78, 5) is 17.7. The van der Waals surface area contributed by atoms with Crippen LogP contribution in [0, 0.1) is 13.8 Å². The molecule has 2 heterocycles. The average Bonchev–Trinajstić information content (AvgIpc) is 2.55. The van der Waals surface area contributed by atoms with Crippen molar-refractivity contribution in [2.75, 3.05) is 11.4 Å². The summed E-state index contributed by atoms with van der Waals surface area (Å²) in [6, 6.07) is 0. The number of hydrogen-bond acceptors (Lipinski definition) is 2. The van der Waals surface area contributed by atoms with Gasteiger partial charge in [0.2, 0.25) is 5.91 Å². The molecule has 1 aliphatic rings. The number of anilines is 1. The molecule has 1 fully saturated rings. The van der Waals surface area contributed by atoms with Crippen LogP contribution in [-0.2, 0) is 4.79 Å². The predicted octanol–water partition coefficient (Wildman–Crippen LogP) is 2.81. The highest BCUT2D eigenvalue weighted by Crippen LogP contribution is 2.29. The van der Waals surface area contributed by atoms with E-state index in [1.54, 1.807) is 11.1 Å². The fraction of sp³-hybridized carbons (Fsp3) is 0.455. The van der Waals surface area contributed by atoms with Crippen LogP contribution in [0.5, 0.6) is 0 Å². The fourth-order valence-electron chi connectivity index (χ4n) is 1.80. The lowest BCUT2D eigenvalue weighted by molar-refractivity contribution is -0.117. The van der Waals surface area contributed by atoms with E-state index < -0.39 is 0 Å². The Morgan fingerprint density at radius 2 is 2.19 bits per heavy atom. The molecule has 0 N–H and O–H groups in total. The molecule has 16 heavy (non-hydrogen) atoms. The summed E-state index contributed by atoms with van der Waals surface area (Å²) in [6.07, 6.45) is 2.13. The smallest absolute Gasteiger partial charge is 0.229 e. The lowest BCUT2D eigenvalue weighted by atomic mass is 10.1. The lowest BCUT2D eigenvalue weighted by Crippen LogP contribution is -2.26. The predicted molar refractivity (Wildman–Crippen MR) is 68.0 cm³/mol. The van der Waals surface area contributed by atoms with Crippen molar-refractivity contribution < 1.29 is 4.79 Å². The van der Waals surface area contributed by atoms with Crippen LogP contribution in [-0.4, -0.2) is 22.8 Å². The Morgan fingerprint density at radius 1 is 1.50 bits per heavy atom. The maximum absolute atomic E-state index is 11.7. The number of carbonyl (C=O) groups is 1. The minimum atomic E-state index is -0.0994. The van der Waals surface area contributed by atoms with Gasteiger partial charge in [-0.05, 0) is 40.9 Å². The molecule has 1 unspecified atom stereocenters. The van der Waals surface area contributed by atoms with Crippen molar-refractivity contribution in [1.82, 2.24) is 4.98 Å². The van der Waals surface area contributed by atoms with Gasteiger partial charge >= 0.3 is 0 Å². The minimum Gasteiger partial charge on any atom is -0.295 e. The Kier molecular flexibility index (Phi) is 3.22. The van der Waals surface area contributed by atoms with Crippen LogP contribution in [0.1, 0.15) is 17.5 Å². The SMILES string of the molecule is Cc1c(Br)cnc(N2CC(Cl)CC2=O)c1C. The molecule has 0 bridgehead atoms. The molecule has 0 radical (unpaired) electrons. The van der Waals surface area contributed by atoms with Crippen molar-refractivity contribution in [1.29, 1.82) is 0 Å². The van der Waals surface area contributed by atoms with Crippen LogP contribution in [0.25, 0.3) is 0 Å². The molecule has 1 aliphatic heterocycles. The Morgan fingerprint density at radius 3 is 2.75 bits per heavy atom. The first kappa shape index (κ1) is 11.9. The van der Waals surface area contributed by atoms with E-state index in [9.17, 15) is 4.79 Å². The van der Waals surface area contributed by atoms with Gasteiger partial charge in [0.05, 0.1) is 5.38 Å². The number of carbonyl (C=O) groups excluding carboxylic acids is 1. The molecule has 5 heteroatoms. The summed E-state index contributed by atoms with van der Waals surface area (Å²) in [7, 11) is 0. The molecule has 1 atom stereocenters. The van der Waals surface area contributed by atoms with Gasteiger partial charge in [0, 0.05) is 23.6 Å². The molecule has 2 rings (SSSR count). The molecule has 0 aromatic carbocycles. The van der Waals surface area contributed by atoms with E-state index >= 15 is 0 Å². The molecule has 1 aromatic heterocycles. The largest absolute Gasteiger partial charge is 0.295 e. The second-order valence-corrected chi connectivity index (χ2v) is 5.46. The number of rotatable bonds is 1. The monoisotopic (exact) mass is 302 g/mol. The molecule has 1 amide bonds. The summed E-state index contributed by atoms with van der Waals surface area (Å²) >= 11 is 9.40. The van der Waals surface area contributed by atoms with E-state index in [1.807, 2.05) is 13.8 Å². The Bertz CT molecular complexity index is 450. The number of nitrogens with zero attached hydrogens (tertiary/aromatic N) is 2. The summed E-state index contributed by atoms with van der Waals surface area (Å²) in [5, 5.41) is -0.0994. The van der Waals surface area contributed by atoms with Crippen molar-refractivity contribution in [2.24, 2.45) is 0 Å². The van der Waals surface area contributed by atoms with E-state index in [4.69, 9.17) is 11.6 Å². The molecule has 86 valence electrons. The van der Waals surface area contributed by atoms with Gasteiger partial charge in [-0.1, -0.05) is 0 Å². The van der Waals surface area contributed by atoms with E-state index in [-0.39, 0.29) is 11.3 Å². The number of amides is 1. The Hall–Kier alpha value is -0.610. The highest BCUT2D eigenvalue weighted by molar-refractivity contribution is 9.10. The number of pyridine rings is 1. The van der Waals surface area contributed by atoms with Crippen LogP contribution in [0.3, 0.4) is 0 Å². The standard InChI is InChI=1S/C11H12BrClN2O/c1-6-7(2)11(14-4-9(6)12)15-5-8(13)3-10(15)16/h4,8H,3,5H2,1-2H3. The van der Waals surface area contributed by atoms with Gasteiger partial charge in [-0.3, -0.25) is 9.69 Å². The maximum Gasteiger partial charge on any atom is 0.229 e. The third kappa shape index (κ3) is 1.96. The van der Waals surface area contributed by atoms with Crippen LogP contribution < -0.4 is 4.90 Å². The van der Waals surface area contributed by atoms with Crippen molar-refractivity contribution in [3.8, 4) is 0 Å². The Labute approximate surface area is 108 Å². The molecular formula is C11H12BrClN2O. The van der Waals surface area contributed by atoms with Crippen molar-refractivity contribution in [3.05, 3.63) is 21.8 Å². The Balaban J connectivity index is 2.42. The first-order valence-corrected chi connectivity index (χ1v) is 6.29. The number of halogens is 2. The van der Waals surface area contributed by atoms with Gasteiger partial charge in [0.1, 0.15) is 5.82 Å². The van der Waals surface area contributed by atoms with Gasteiger partial charge in [0.25, 0.3) is 0 Å². The summed E-state index contributed by atoms with van der Waals surface area (Å²) in [6.45, 7) is 4.52. The second kappa shape index (κ2) is 4.34. The summed E-state index contributed by atoms with van der Waals surface area (Å²) in [5.41, 5.74) is 2.13. The fourth-order valence-corrected chi connectivity index (χ4v) is 2.47. The van der Waals surface area contributed by atoms with Gasteiger partial charge in [-0.25, -0.2) is 4.98 Å². The number of alkyl halides is 1. The van der Waals surface area contributed by atoms with Gasteiger partial charge < -0.3 is 0 Å². The first-order chi connectivity index (χ1) is 7.50. The molecule has 0 spiro atoms. The van der Waals surface area contributed by atoms with Crippen LogP contribution in [0.4, 0.5) is 5.82 Å². The highest BCUT2D eigenvalue weighted by atomic mass is 79.9. The van der Waals surface area contributed by atoms with Crippen LogP contribution in [0.15, 0.2) is 10.7 Å². The van der Waals surface area contributed by atoms with E-state index in [1.165, 1.54) is 0 Å². The zero-order valence-corrected chi connectivity index (χ0v) is 11.5. The average molecular weight is 304 g/mol. The number of hydrogen-bond donors (Lipinski definition) is 0. The van der Waals surface area contributed by atoms with Crippen molar-refractivity contribution in [3.63, 3.8) is 0 Å². The third-order valence-electron chi connectivity index (χ3n) is 2.89. The van der Waals surface area contributed by atoms with E-state index in [2.05, 4.69) is 20.9 Å². The van der Waals surface area contributed by atoms with Gasteiger partial charge in [-0.2, -0.15) is 0 Å². The normalized spacial score (nSPS) is 20.6. The van der Waals surface area contributed by atoms with Gasteiger partial charge in [0.15, 0.2) is 0 Å². The topological polar surface area (TPSA) is 33.2 Å². The second-order valence-electron chi connectivity index (χ2n) is 3.99. The summed E-state index contributed by atoms with van der Waals surface area (Å²) in [5.74, 6) is 0.783. The van der Waals surface area contributed by atoms with E-state index in [0.717, 1.165) is 21.4 Å². The molecule has 1 saturated heterocycles. The van der Waals surface area contributed by atoms with E-state index in [0.29, 0.717) is 13.0 Å². The van der Waals surface area contributed by atoms with Crippen molar-refractivity contribution >= 4 is 39.3 Å². The molecule has 0 saturated carbocycles. The van der Waals surface area contributed by atoms with Crippen molar-refractivity contribution in [2.45, 2.75) is 25.6 Å². The maximum atomic E-state index is 11.7. The molecule has 0 aliphatic carbocycles. The van der Waals surface area contributed by atoms with Gasteiger partial charge in [-0.15, -0.1) is 11.6 Å². The highest BCUT2D eigenvalue weighted by Gasteiger charge is 2.31. The number of aromatic nitrogens is 1. The first-order valence-electron chi connectivity index (χ1n) is 5.07. The molecule has 1 aromatic rings. The zero-order chi connectivity index (χ0) is 11.9. The quantitative estimate of drug-likeness (QED) is 0.748. The molecular weight excluding hydrogens is 291 g/mol. The lowest BCUT2D eigenvalue weighted by Gasteiger charge is -2.18. The zero-order valence-electron chi connectivity index (χ0n) is 9.13. The minimum absolute atomic E-state index is 0.0531. The third-order valence-corrected chi connectivity index (χ3v) is 3.98. The molecule has 3 nitrogen and oxygen atoms in total.